The molecular formula is C24H29N3O2. The van der Waals surface area contributed by atoms with E-state index in [9.17, 15) is 4.79 Å². The summed E-state index contributed by atoms with van der Waals surface area (Å²) in [7, 11) is 0. The first-order chi connectivity index (χ1) is 14.2. The maximum absolute atomic E-state index is 12.7. The van der Waals surface area contributed by atoms with Crippen LogP contribution in [0.3, 0.4) is 0 Å². The van der Waals surface area contributed by atoms with E-state index in [0.29, 0.717) is 12.5 Å². The van der Waals surface area contributed by atoms with E-state index < -0.39 is 0 Å². The van der Waals surface area contributed by atoms with Crippen molar-refractivity contribution in [1.29, 1.82) is 0 Å². The number of anilines is 1. The maximum Gasteiger partial charge on any atom is 0.238 e. The molecule has 1 aliphatic rings. The summed E-state index contributed by atoms with van der Waals surface area (Å²) in [5.74, 6) is 1.23. The van der Waals surface area contributed by atoms with Crippen molar-refractivity contribution in [3.05, 3.63) is 59.5 Å². The van der Waals surface area contributed by atoms with Gasteiger partial charge in [-0.15, -0.1) is 0 Å². The Morgan fingerprint density at radius 3 is 2.41 bits per heavy atom. The van der Waals surface area contributed by atoms with E-state index >= 15 is 0 Å². The quantitative estimate of drug-likeness (QED) is 0.657. The number of piperidine rings is 1. The van der Waals surface area contributed by atoms with E-state index in [1.807, 2.05) is 24.3 Å². The van der Waals surface area contributed by atoms with Crippen LogP contribution in [-0.4, -0.2) is 35.4 Å². The number of nitrogens with one attached hydrogen (secondary N) is 1. The predicted molar refractivity (Wildman–Crippen MR) is 116 cm³/mol. The minimum atomic E-state index is 0.0703. The van der Waals surface area contributed by atoms with Gasteiger partial charge in [-0.25, -0.2) is 4.98 Å². The number of oxazole rings is 1. The minimum Gasteiger partial charge on any atom is -0.440 e. The fourth-order valence-corrected chi connectivity index (χ4v) is 4.19. The number of carbonyl (C=O) groups is 1. The van der Waals surface area contributed by atoms with Crippen molar-refractivity contribution in [2.45, 2.75) is 45.4 Å². The zero-order valence-electron chi connectivity index (χ0n) is 17.3. The average molecular weight is 392 g/mol. The number of hydrogen-bond donors (Lipinski definition) is 1. The van der Waals surface area contributed by atoms with Crippen LogP contribution in [0.1, 0.15) is 49.6 Å². The first-order valence-electron chi connectivity index (χ1n) is 10.7. The highest BCUT2D eigenvalue weighted by atomic mass is 16.3. The number of amides is 1. The van der Waals surface area contributed by atoms with Gasteiger partial charge in [0.2, 0.25) is 5.91 Å². The van der Waals surface area contributed by atoms with Crippen molar-refractivity contribution in [1.82, 2.24) is 9.88 Å². The zero-order chi connectivity index (χ0) is 20.2. The van der Waals surface area contributed by atoms with Gasteiger partial charge < -0.3 is 9.73 Å². The highest BCUT2D eigenvalue weighted by molar-refractivity contribution is 5.93. The molecule has 3 aromatic rings. The molecule has 0 spiro atoms. The van der Waals surface area contributed by atoms with Crippen LogP contribution in [0, 0.1) is 0 Å². The monoisotopic (exact) mass is 391 g/mol. The topological polar surface area (TPSA) is 58.4 Å². The summed E-state index contributed by atoms with van der Waals surface area (Å²) in [5.41, 5.74) is 5.18. The molecule has 1 amide bonds. The third-order valence-electron chi connectivity index (χ3n) is 5.88. The van der Waals surface area contributed by atoms with Gasteiger partial charge in [0.05, 0.1) is 6.54 Å². The highest BCUT2D eigenvalue weighted by Crippen LogP contribution is 2.30. The van der Waals surface area contributed by atoms with Gasteiger partial charge in [0.1, 0.15) is 5.52 Å². The Morgan fingerprint density at radius 2 is 1.76 bits per heavy atom. The molecule has 2 heterocycles. The first-order valence-corrected chi connectivity index (χ1v) is 10.7. The van der Waals surface area contributed by atoms with Crippen molar-refractivity contribution < 1.29 is 9.21 Å². The molecule has 0 bridgehead atoms. The number of para-hydroxylation sites is 3. The molecule has 0 saturated carbocycles. The Labute approximate surface area is 172 Å². The van der Waals surface area contributed by atoms with Gasteiger partial charge in [0.25, 0.3) is 0 Å². The lowest BCUT2D eigenvalue weighted by Gasteiger charge is -2.30. The average Bonchev–Trinajstić information content (AvgIpc) is 3.18. The first kappa shape index (κ1) is 19.6. The van der Waals surface area contributed by atoms with E-state index in [1.165, 1.54) is 11.1 Å². The van der Waals surface area contributed by atoms with Gasteiger partial charge in [-0.05, 0) is 62.0 Å². The Hall–Kier alpha value is -2.66. The van der Waals surface area contributed by atoms with E-state index in [-0.39, 0.29) is 5.91 Å². The molecule has 1 N–H and O–H groups in total. The summed E-state index contributed by atoms with van der Waals surface area (Å²) in [6.45, 7) is 6.45. The number of hydrogen-bond acceptors (Lipinski definition) is 4. The number of aromatic nitrogens is 1. The molecule has 1 saturated heterocycles. The van der Waals surface area contributed by atoms with Crippen LogP contribution in [0.5, 0.6) is 0 Å². The van der Waals surface area contributed by atoms with Crippen LogP contribution in [0.15, 0.2) is 46.9 Å². The predicted octanol–water partition coefficient (Wildman–Crippen LogP) is 4.77. The third kappa shape index (κ3) is 4.35. The number of aryl methyl sites for hydroxylation is 2. The fourth-order valence-electron chi connectivity index (χ4n) is 4.19. The van der Waals surface area contributed by atoms with Gasteiger partial charge in [0.15, 0.2) is 11.5 Å². The second-order valence-electron chi connectivity index (χ2n) is 7.78. The molecule has 0 unspecified atom stereocenters. The molecule has 2 aromatic carbocycles. The second-order valence-corrected chi connectivity index (χ2v) is 7.78. The van der Waals surface area contributed by atoms with Crippen LogP contribution in [0.25, 0.3) is 11.1 Å². The summed E-state index contributed by atoms with van der Waals surface area (Å²) in [4.78, 5) is 19.6. The Balaban J connectivity index is 1.34. The molecule has 152 valence electrons. The van der Waals surface area contributed by atoms with Crippen molar-refractivity contribution in [3.8, 4) is 0 Å². The number of benzene rings is 2. The van der Waals surface area contributed by atoms with Gasteiger partial charge in [-0.3, -0.25) is 9.69 Å². The third-order valence-corrected chi connectivity index (χ3v) is 5.88. The summed E-state index contributed by atoms with van der Waals surface area (Å²) in [6.07, 6.45) is 3.76. The number of carbonyl (C=O) groups excluding carboxylic acids is 1. The molecule has 5 heteroatoms. The summed E-state index contributed by atoms with van der Waals surface area (Å²) >= 11 is 0. The highest BCUT2D eigenvalue weighted by Gasteiger charge is 2.26. The van der Waals surface area contributed by atoms with Crippen molar-refractivity contribution in [2.75, 3.05) is 25.0 Å². The fraction of sp³-hybridized carbons (Fsp3) is 0.417. The van der Waals surface area contributed by atoms with Crippen LogP contribution in [0.4, 0.5) is 5.69 Å². The summed E-state index contributed by atoms with van der Waals surface area (Å²) in [5, 5.41) is 3.18. The Kier molecular flexibility index (Phi) is 5.95. The molecule has 1 aromatic heterocycles. The lowest BCUT2D eigenvalue weighted by atomic mass is 9.97. The number of likely N-dealkylation sites (tertiary alicyclic amines) is 1. The normalized spacial score (nSPS) is 15.7. The standard InChI is InChI=1S/C24H29N3O2/c1-3-17-8-7-9-18(4-2)23(17)26-22(28)16-27-14-12-19(13-15-27)24-25-20-10-5-6-11-21(20)29-24/h5-11,19H,3-4,12-16H2,1-2H3,(H,26,28). The van der Waals surface area contributed by atoms with Crippen molar-refractivity contribution in [2.24, 2.45) is 0 Å². The largest absolute Gasteiger partial charge is 0.440 e. The summed E-state index contributed by atoms with van der Waals surface area (Å²) in [6, 6.07) is 14.2. The number of fused-ring (bicyclic) bond motifs is 1. The number of rotatable bonds is 6. The lowest BCUT2D eigenvalue weighted by Crippen LogP contribution is -2.39. The van der Waals surface area contributed by atoms with Crippen LogP contribution >= 0.6 is 0 Å². The zero-order valence-corrected chi connectivity index (χ0v) is 17.3. The summed E-state index contributed by atoms with van der Waals surface area (Å²) < 4.78 is 5.94. The Morgan fingerprint density at radius 1 is 1.07 bits per heavy atom. The lowest BCUT2D eigenvalue weighted by molar-refractivity contribution is -0.117. The van der Waals surface area contributed by atoms with E-state index in [2.05, 4.69) is 47.2 Å². The van der Waals surface area contributed by atoms with E-state index in [0.717, 1.165) is 61.5 Å². The molecule has 0 radical (unpaired) electrons. The van der Waals surface area contributed by atoms with Crippen LogP contribution < -0.4 is 5.32 Å². The van der Waals surface area contributed by atoms with E-state index in [4.69, 9.17) is 4.42 Å². The second kappa shape index (κ2) is 8.78. The SMILES string of the molecule is CCc1cccc(CC)c1NC(=O)CN1CCC(c2nc3ccccc3o2)CC1. The molecule has 1 aliphatic heterocycles. The van der Waals surface area contributed by atoms with Crippen LogP contribution in [-0.2, 0) is 17.6 Å². The smallest absolute Gasteiger partial charge is 0.238 e. The maximum atomic E-state index is 12.7. The number of nitrogens with zero attached hydrogens (tertiary/aromatic N) is 2. The van der Waals surface area contributed by atoms with E-state index in [1.54, 1.807) is 0 Å². The molecule has 4 rings (SSSR count). The molecule has 0 aliphatic carbocycles. The molecule has 5 nitrogen and oxygen atoms in total. The Bertz CT molecular complexity index is 931. The van der Waals surface area contributed by atoms with Gasteiger partial charge in [-0.2, -0.15) is 0 Å². The molecule has 29 heavy (non-hydrogen) atoms. The van der Waals surface area contributed by atoms with Gasteiger partial charge in [0, 0.05) is 11.6 Å². The van der Waals surface area contributed by atoms with Gasteiger partial charge in [-0.1, -0.05) is 44.2 Å². The van der Waals surface area contributed by atoms with Crippen molar-refractivity contribution in [3.63, 3.8) is 0 Å². The van der Waals surface area contributed by atoms with Crippen molar-refractivity contribution >= 4 is 22.7 Å². The molecular weight excluding hydrogens is 362 g/mol. The van der Waals surface area contributed by atoms with Gasteiger partial charge >= 0.3 is 0 Å². The minimum absolute atomic E-state index is 0.0703. The molecule has 0 atom stereocenters. The molecule has 1 fully saturated rings. The van der Waals surface area contributed by atoms with Crippen LogP contribution in [0.2, 0.25) is 0 Å².